The Balaban J connectivity index is 2.89. The molecule has 0 heterocycles. The molecule has 9 heteroatoms. The average molecular weight is 312 g/mol. The van der Waals surface area contributed by atoms with Gasteiger partial charge in [-0.05, 0) is 31.2 Å². The van der Waals surface area contributed by atoms with Crippen LogP contribution in [0.5, 0.6) is 0 Å². The number of carbonyl (C=O) groups excluding carboxylic acids is 1. The molecule has 0 fully saturated rings. The van der Waals surface area contributed by atoms with Gasteiger partial charge in [-0.1, -0.05) is 0 Å². The number of Topliss-reactive ketones (excluding diaryl/α,β-unsaturated/α-hetero) is 1. The van der Waals surface area contributed by atoms with Crippen LogP contribution in [0.1, 0.15) is 13.8 Å². The molecule has 21 heavy (non-hydrogen) atoms. The smallest absolute Gasteiger partial charge is 0.279 e. The SMILES string of the molecule is CCO/C(N=Nc1ccc(NS(=O)[O-])cc1)=C(/O)C(C)=O. The molecule has 114 valence electrons. The lowest BCUT2D eigenvalue weighted by molar-refractivity contribution is -0.116. The Bertz CT molecular complexity index is 583. The standard InChI is InChI=1S/C12H15N3O5S/c1-3-20-12(11(17)8(2)16)14-13-9-4-6-10(7-5-9)15-21(18)19/h4-7,15,17H,3H2,1-2H3,(H,18,19)/p-1/b12-11+,14-13?. The Morgan fingerprint density at radius 3 is 2.52 bits per heavy atom. The van der Waals surface area contributed by atoms with Crippen molar-refractivity contribution >= 4 is 28.4 Å². The maximum Gasteiger partial charge on any atom is 0.279 e. The van der Waals surface area contributed by atoms with Crippen molar-refractivity contribution in [1.29, 1.82) is 0 Å². The van der Waals surface area contributed by atoms with Crippen molar-refractivity contribution in [2.75, 3.05) is 11.3 Å². The molecule has 1 rings (SSSR count). The summed E-state index contributed by atoms with van der Waals surface area (Å²) in [6, 6.07) is 5.98. The number of benzene rings is 1. The number of rotatable bonds is 7. The Morgan fingerprint density at radius 2 is 2.05 bits per heavy atom. The van der Waals surface area contributed by atoms with Crippen LogP contribution in [0.4, 0.5) is 11.4 Å². The molecule has 2 N–H and O–H groups in total. The number of aliphatic hydroxyl groups excluding tert-OH is 1. The fourth-order valence-electron chi connectivity index (χ4n) is 1.23. The fraction of sp³-hybridized carbons (Fsp3) is 0.250. The second kappa shape index (κ2) is 8.12. The van der Waals surface area contributed by atoms with E-state index in [1.54, 1.807) is 6.92 Å². The van der Waals surface area contributed by atoms with E-state index in [1.165, 1.54) is 31.2 Å². The van der Waals surface area contributed by atoms with Crippen LogP contribution >= 0.6 is 0 Å². The normalized spacial score (nSPS) is 13.7. The number of carbonyl (C=O) groups is 1. The third kappa shape index (κ3) is 5.71. The first-order chi connectivity index (χ1) is 9.93. The lowest BCUT2D eigenvalue weighted by Crippen LogP contribution is -2.02. The predicted molar refractivity (Wildman–Crippen MR) is 75.5 cm³/mol. The first-order valence-electron chi connectivity index (χ1n) is 5.88. The van der Waals surface area contributed by atoms with Gasteiger partial charge in [0.05, 0.1) is 12.3 Å². The van der Waals surface area contributed by atoms with Gasteiger partial charge in [-0.3, -0.25) is 9.00 Å². The number of anilines is 1. The van der Waals surface area contributed by atoms with Crippen LogP contribution in [0.15, 0.2) is 46.1 Å². The van der Waals surface area contributed by atoms with Gasteiger partial charge in [-0.15, -0.1) is 10.2 Å². The third-order valence-electron chi connectivity index (χ3n) is 2.14. The molecule has 0 aliphatic heterocycles. The Labute approximate surface area is 124 Å². The van der Waals surface area contributed by atoms with Crippen molar-refractivity contribution in [3.63, 3.8) is 0 Å². The zero-order valence-electron chi connectivity index (χ0n) is 11.4. The minimum Gasteiger partial charge on any atom is -0.755 e. The molecule has 1 atom stereocenters. The van der Waals surface area contributed by atoms with E-state index in [9.17, 15) is 18.7 Å². The van der Waals surface area contributed by atoms with Crippen LogP contribution in [0, 0.1) is 0 Å². The van der Waals surface area contributed by atoms with Gasteiger partial charge in [0, 0.05) is 23.9 Å². The number of ether oxygens (including phenoxy) is 1. The lowest BCUT2D eigenvalue weighted by atomic mass is 10.3. The molecule has 1 unspecified atom stereocenters. The van der Waals surface area contributed by atoms with Crippen LogP contribution < -0.4 is 4.72 Å². The molecule has 0 spiro atoms. The summed E-state index contributed by atoms with van der Waals surface area (Å²) in [5.74, 6) is -1.47. The van der Waals surface area contributed by atoms with Crippen LogP contribution in [0.2, 0.25) is 0 Å². The molecular formula is C12H14N3O5S-. The molecule has 0 amide bonds. The van der Waals surface area contributed by atoms with Gasteiger partial charge >= 0.3 is 0 Å². The number of nitrogens with zero attached hydrogens (tertiary/aromatic N) is 2. The summed E-state index contributed by atoms with van der Waals surface area (Å²) in [6.07, 6.45) is 0. The molecule has 0 aromatic heterocycles. The number of hydrogen-bond donors (Lipinski definition) is 2. The van der Waals surface area contributed by atoms with E-state index < -0.39 is 22.8 Å². The van der Waals surface area contributed by atoms with Crippen molar-refractivity contribution < 1.29 is 23.4 Å². The molecule has 0 saturated carbocycles. The molecule has 0 bridgehead atoms. The van der Waals surface area contributed by atoms with E-state index in [1.807, 2.05) is 0 Å². The highest BCUT2D eigenvalue weighted by molar-refractivity contribution is 7.80. The monoisotopic (exact) mass is 312 g/mol. The first-order valence-corrected chi connectivity index (χ1v) is 6.96. The third-order valence-corrected chi connectivity index (χ3v) is 2.54. The predicted octanol–water partition coefficient (Wildman–Crippen LogP) is 2.33. The zero-order valence-corrected chi connectivity index (χ0v) is 12.2. The number of allylic oxidation sites excluding steroid dienone is 1. The maximum atomic E-state index is 11.1. The van der Waals surface area contributed by atoms with Crippen LogP contribution in [-0.4, -0.2) is 26.3 Å². The largest absolute Gasteiger partial charge is 0.755 e. The van der Waals surface area contributed by atoms with E-state index in [-0.39, 0.29) is 12.5 Å². The zero-order chi connectivity index (χ0) is 15.8. The molecule has 0 aliphatic rings. The van der Waals surface area contributed by atoms with Crippen molar-refractivity contribution in [3.05, 3.63) is 35.9 Å². The number of ketones is 1. The molecule has 1 aromatic rings. The van der Waals surface area contributed by atoms with Crippen LogP contribution in [0.3, 0.4) is 0 Å². The van der Waals surface area contributed by atoms with Gasteiger partial charge in [0.1, 0.15) is 0 Å². The van der Waals surface area contributed by atoms with Crippen molar-refractivity contribution in [2.45, 2.75) is 13.8 Å². The van der Waals surface area contributed by atoms with E-state index >= 15 is 0 Å². The molecule has 0 saturated heterocycles. The van der Waals surface area contributed by atoms with E-state index in [0.717, 1.165) is 0 Å². The van der Waals surface area contributed by atoms with Gasteiger partial charge in [0.25, 0.3) is 5.88 Å². The Kier molecular flexibility index (Phi) is 6.50. The number of nitrogens with one attached hydrogen (secondary N) is 1. The quantitative estimate of drug-likeness (QED) is 0.346. The van der Waals surface area contributed by atoms with E-state index in [2.05, 4.69) is 15.0 Å². The summed E-state index contributed by atoms with van der Waals surface area (Å²) >= 11 is -2.40. The minimum absolute atomic E-state index is 0.212. The van der Waals surface area contributed by atoms with E-state index in [0.29, 0.717) is 11.4 Å². The molecule has 1 aromatic carbocycles. The fourth-order valence-corrected chi connectivity index (χ4v) is 1.56. The highest BCUT2D eigenvalue weighted by atomic mass is 32.2. The molecule has 0 radical (unpaired) electrons. The maximum absolute atomic E-state index is 11.1. The number of aliphatic hydroxyl groups is 1. The summed E-state index contributed by atoms with van der Waals surface area (Å²) < 4.78 is 28.1. The summed E-state index contributed by atoms with van der Waals surface area (Å²) in [6.45, 7) is 3.06. The second-order valence-corrected chi connectivity index (χ2v) is 4.40. The molecule has 0 aliphatic carbocycles. The van der Waals surface area contributed by atoms with Crippen LogP contribution in [0.25, 0.3) is 0 Å². The minimum atomic E-state index is -2.40. The van der Waals surface area contributed by atoms with Gasteiger partial charge in [0.15, 0.2) is 5.78 Å². The number of hydrogen-bond acceptors (Lipinski definition) is 7. The highest BCUT2D eigenvalue weighted by Crippen LogP contribution is 2.19. The van der Waals surface area contributed by atoms with Crippen LogP contribution in [-0.2, 0) is 20.8 Å². The lowest BCUT2D eigenvalue weighted by Gasteiger charge is -2.07. The van der Waals surface area contributed by atoms with Crippen molar-refractivity contribution in [1.82, 2.24) is 0 Å². The van der Waals surface area contributed by atoms with E-state index in [4.69, 9.17) is 4.74 Å². The highest BCUT2D eigenvalue weighted by Gasteiger charge is 2.10. The summed E-state index contributed by atoms with van der Waals surface area (Å²) in [5, 5.41) is 17.0. The first kappa shape index (κ1) is 16.8. The summed E-state index contributed by atoms with van der Waals surface area (Å²) in [4.78, 5) is 11.1. The molecular weight excluding hydrogens is 298 g/mol. The number of azo groups is 1. The molecule has 8 nitrogen and oxygen atoms in total. The summed E-state index contributed by atoms with van der Waals surface area (Å²) in [5.41, 5.74) is 0.764. The summed E-state index contributed by atoms with van der Waals surface area (Å²) in [7, 11) is 0. The second-order valence-electron chi connectivity index (χ2n) is 3.73. The van der Waals surface area contributed by atoms with Crippen molar-refractivity contribution in [2.24, 2.45) is 10.2 Å². The Morgan fingerprint density at radius 1 is 1.43 bits per heavy atom. The van der Waals surface area contributed by atoms with Gasteiger partial charge < -0.3 is 19.1 Å². The van der Waals surface area contributed by atoms with Gasteiger partial charge in [0.2, 0.25) is 5.76 Å². The topological polar surface area (TPSA) is 123 Å². The average Bonchev–Trinajstić information content (AvgIpc) is 2.43. The van der Waals surface area contributed by atoms with Gasteiger partial charge in [-0.25, -0.2) is 0 Å². The van der Waals surface area contributed by atoms with Gasteiger partial charge in [-0.2, -0.15) is 0 Å². The van der Waals surface area contributed by atoms with Crippen molar-refractivity contribution in [3.8, 4) is 0 Å². The Hall–Kier alpha value is -2.26.